The Kier molecular flexibility index (Phi) is 4.58. The fourth-order valence-corrected chi connectivity index (χ4v) is 2.49. The molecule has 2 rings (SSSR count). The molecule has 2 heteroatoms. The van der Waals surface area contributed by atoms with Crippen molar-refractivity contribution < 1.29 is 0 Å². The van der Waals surface area contributed by atoms with E-state index in [0.717, 1.165) is 18.5 Å². The minimum atomic E-state index is 0.0538. The molecule has 0 aromatic heterocycles. The maximum atomic E-state index is 9.24. The van der Waals surface area contributed by atoms with Crippen LogP contribution in [-0.4, -0.2) is 24.5 Å². The van der Waals surface area contributed by atoms with Gasteiger partial charge in [-0.3, -0.25) is 0 Å². The van der Waals surface area contributed by atoms with Crippen LogP contribution in [0.4, 0.5) is 0 Å². The molecular weight excluding hydrogens is 208 g/mol. The molecular formula is C15H20N2. The summed E-state index contributed by atoms with van der Waals surface area (Å²) in [7, 11) is 0. The monoisotopic (exact) mass is 228 g/mol. The molecule has 1 aromatic carbocycles. The van der Waals surface area contributed by atoms with Crippen LogP contribution in [0.15, 0.2) is 30.3 Å². The molecule has 90 valence electrons. The van der Waals surface area contributed by atoms with E-state index in [4.69, 9.17) is 0 Å². The Hall–Kier alpha value is -1.33. The van der Waals surface area contributed by atoms with E-state index in [1.807, 2.05) is 18.2 Å². The van der Waals surface area contributed by atoms with Crippen molar-refractivity contribution in [3.63, 3.8) is 0 Å². The van der Waals surface area contributed by atoms with Gasteiger partial charge in [0.25, 0.3) is 0 Å². The van der Waals surface area contributed by atoms with Crippen LogP contribution in [0.25, 0.3) is 0 Å². The van der Waals surface area contributed by atoms with Gasteiger partial charge in [0, 0.05) is 0 Å². The standard InChI is InChI=1S/C15H20N2/c16-13-15(14-7-3-1-4-8-14)9-12-17-10-5-2-6-11-17/h1,3-4,7-8,15H,2,5-6,9-12H2. The normalized spacial score (nSPS) is 18.5. The second-order valence-corrected chi connectivity index (χ2v) is 4.78. The lowest BCUT2D eigenvalue weighted by atomic mass is 9.97. The Balaban J connectivity index is 1.86. The number of nitriles is 1. The van der Waals surface area contributed by atoms with Gasteiger partial charge in [0.15, 0.2) is 0 Å². The zero-order chi connectivity index (χ0) is 11.9. The van der Waals surface area contributed by atoms with Crippen molar-refractivity contribution in [3.8, 4) is 6.07 Å². The molecule has 1 aromatic rings. The highest BCUT2D eigenvalue weighted by Gasteiger charge is 2.14. The Morgan fingerprint density at radius 2 is 1.82 bits per heavy atom. The molecule has 1 atom stereocenters. The lowest BCUT2D eigenvalue weighted by Gasteiger charge is -2.27. The average molecular weight is 228 g/mol. The highest BCUT2D eigenvalue weighted by atomic mass is 15.1. The van der Waals surface area contributed by atoms with Crippen LogP contribution < -0.4 is 0 Å². The average Bonchev–Trinajstić information content (AvgIpc) is 2.42. The first-order chi connectivity index (χ1) is 8.40. The van der Waals surface area contributed by atoms with Gasteiger partial charge in [0.05, 0.1) is 12.0 Å². The molecule has 0 N–H and O–H groups in total. The molecule has 17 heavy (non-hydrogen) atoms. The van der Waals surface area contributed by atoms with Crippen molar-refractivity contribution in [2.75, 3.05) is 19.6 Å². The van der Waals surface area contributed by atoms with Crippen molar-refractivity contribution in [1.29, 1.82) is 5.26 Å². The van der Waals surface area contributed by atoms with Crippen molar-refractivity contribution in [3.05, 3.63) is 35.9 Å². The number of hydrogen-bond acceptors (Lipinski definition) is 2. The van der Waals surface area contributed by atoms with Gasteiger partial charge in [0.1, 0.15) is 0 Å². The third-order valence-electron chi connectivity index (χ3n) is 3.54. The Morgan fingerprint density at radius 1 is 1.12 bits per heavy atom. The summed E-state index contributed by atoms with van der Waals surface area (Å²) in [5, 5.41) is 9.24. The zero-order valence-corrected chi connectivity index (χ0v) is 10.3. The van der Waals surface area contributed by atoms with Crippen molar-refractivity contribution in [1.82, 2.24) is 4.90 Å². The van der Waals surface area contributed by atoms with Gasteiger partial charge < -0.3 is 4.90 Å². The van der Waals surface area contributed by atoms with Gasteiger partial charge in [-0.1, -0.05) is 36.8 Å². The van der Waals surface area contributed by atoms with Crippen LogP contribution in [0.5, 0.6) is 0 Å². The molecule has 1 unspecified atom stereocenters. The Bertz CT molecular complexity index is 360. The summed E-state index contributed by atoms with van der Waals surface area (Å²) >= 11 is 0. The van der Waals surface area contributed by atoms with Crippen LogP contribution >= 0.6 is 0 Å². The molecule has 1 heterocycles. The fraction of sp³-hybridized carbons (Fsp3) is 0.533. The van der Waals surface area contributed by atoms with Gasteiger partial charge in [0.2, 0.25) is 0 Å². The quantitative estimate of drug-likeness (QED) is 0.791. The van der Waals surface area contributed by atoms with Crippen molar-refractivity contribution in [2.45, 2.75) is 31.6 Å². The molecule has 0 aliphatic carbocycles. The Labute approximate surface area is 104 Å². The maximum Gasteiger partial charge on any atom is 0.0724 e. The maximum absolute atomic E-state index is 9.24. The molecule has 1 saturated heterocycles. The van der Waals surface area contributed by atoms with E-state index in [-0.39, 0.29) is 5.92 Å². The largest absolute Gasteiger partial charge is 0.303 e. The SMILES string of the molecule is N#CC(CCN1CCCCC1)c1ccccc1. The minimum Gasteiger partial charge on any atom is -0.303 e. The van der Waals surface area contributed by atoms with E-state index < -0.39 is 0 Å². The molecule has 0 spiro atoms. The number of likely N-dealkylation sites (tertiary alicyclic amines) is 1. The van der Waals surface area contributed by atoms with Gasteiger partial charge in [-0.25, -0.2) is 0 Å². The third-order valence-corrected chi connectivity index (χ3v) is 3.54. The predicted molar refractivity (Wildman–Crippen MR) is 69.7 cm³/mol. The molecule has 0 radical (unpaired) electrons. The molecule has 1 aliphatic heterocycles. The number of benzene rings is 1. The zero-order valence-electron chi connectivity index (χ0n) is 10.3. The summed E-state index contributed by atoms with van der Waals surface area (Å²) in [4.78, 5) is 2.50. The summed E-state index contributed by atoms with van der Waals surface area (Å²) < 4.78 is 0. The molecule has 1 fully saturated rings. The topological polar surface area (TPSA) is 27.0 Å². The van der Waals surface area contributed by atoms with E-state index in [1.165, 1.54) is 32.4 Å². The van der Waals surface area contributed by atoms with E-state index in [1.54, 1.807) is 0 Å². The second kappa shape index (κ2) is 6.42. The minimum absolute atomic E-state index is 0.0538. The van der Waals surface area contributed by atoms with Crippen LogP contribution in [-0.2, 0) is 0 Å². The highest BCUT2D eigenvalue weighted by Crippen LogP contribution is 2.20. The predicted octanol–water partition coefficient (Wildman–Crippen LogP) is 3.17. The summed E-state index contributed by atoms with van der Waals surface area (Å²) in [6.07, 6.45) is 4.97. The van der Waals surface area contributed by atoms with E-state index in [9.17, 15) is 5.26 Å². The van der Waals surface area contributed by atoms with Crippen LogP contribution in [0.3, 0.4) is 0 Å². The smallest absolute Gasteiger partial charge is 0.0724 e. The lowest BCUT2D eigenvalue weighted by molar-refractivity contribution is 0.224. The molecule has 1 aliphatic rings. The van der Waals surface area contributed by atoms with E-state index in [2.05, 4.69) is 23.1 Å². The van der Waals surface area contributed by atoms with E-state index in [0.29, 0.717) is 0 Å². The third kappa shape index (κ3) is 3.57. The summed E-state index contributed by atoms with van der Waals surface area (Å²) in [6.45, 7) is 3.49. The van der Waals surface area contributed by atoms with Crippen molar-refractivity contribution >= 4 is 0 Å². The summed E-state index contributed by atoms with van der Waals surface area (Å²) in [5.41, 5.74) is 1.16. The lowest BCUT2D eigenvalue weighted by Crippen LogP contribution is -2.31. The van der Waals surface area contributed by atoms with Crippen LogP contribution in [0.2, 0.25) is 0 Å². The number of piperidine rings is 1. The van der Waals surface area contributed by atoms with Crippen LogP contribution in [0, 0.1) is 11.3 Å². The van der Waals surface area contributed by atoms with Crippen LogP contribution in [0.1, 0.15) is 37.2 Å². The molecule has 2 nitrogen and oxygen atoms in total. The molecule has 0 saturated carbocycles. The van der Waals surface area contributed by atoms with Crippen molar-refractivity contribution in [2.24, 2.45) is 0 Å². The number of hydrogen-bond donors (Lipinski definition) is 0. The second-order valence-electron chi connectivity index (χ2n) is 4.78. The van der Waals surface area contributed by atoms with Gasteiger partial charge in [-0.05, 0) is 44.5 Å². The first kappa shape index (κ1) is 12.1. The molecule has 0 bridgehead atoms. The summed E-state index contributed by atoms with van der Waals surface area (Å²) in [5.74, 6) is 0.0538. The molecule has 0 amide bonds. The van der Waals surface area contributed by atoms with Gasteiger partial charge in [-0.15, -0.1) is 0 Å². The fourth-order valence-electron chi connectivity index (χ4n) is 2.49. The highest BCUT2D eigenvalue weighted by molar-refractivity contribution is 5.24. The summed E-state index contributed by atoms with van der Waals surface area (Å²) in [6, 6.07) is 12.6. The Morgan fingerprint density at radius 3 is 2.47 bits per heavy atom. The van der Waals surface area contributed by atoms with Gasteiger partial charge >= 0.3 is 0 Å². The first-order valence-electron chi connectivity index (χ1n) is 6.57. The van der Waals surface area contributed by atoms with E-state index >= 15 is 0 Å². The first-order valence-corrected chi connectivity index (χ1v) is 6.57. The number of nitrogens with zero attached hydrogens (tertiary/aromatic N) is 2. The number of rotatable bonds is 4. The van der Waals surface area contributed by atoms with Gasteiger partial charge in [-0.2, -0.15) is 5.26 Å².